The smallest absolute Gasteiger partial charge is 0.261 e. The van der Waals surface area contributed by atoms with Crippen LogP contribution in [0.15, 0.2) is 96.0 Å². The predicted octanol–water partition coefficient (Wildman–Crippen LogP) is 10.1. The van der Waals surface area contributed by atoms with Crippen molar-refractivity contribution in [3.8, 4) is 17.2 Å². The van der Waals surface area contributed by atoms with Crippen LogP contribution in [-0.4, -0.2) is 48.2 Å². The molecule has 0 aromatic heterocycles. The van der Waals surface area contributed by atoms with Gasteiger partial charge < -0.3 is 26.0 Å². The van der Waals surface area contributed by atoms with E-state index in [1.165, 1.54) is 5.56 Å². The number of carbonyl (C=O) groups is 2. The van der Waals surface area contributed by atoms with Gasteiger partial charge in [-0.3, -0.25) is 19.5 Å². The van der Waals surface area contributed by atoms with Gasteiger partial charge in [0.15, 0.2) is 11.5 Å². The van der Waals surface area contributed by atoms with Crippen molar-refractivity contribution in [3.05, 3.63) is 148 Å². The van der Waals surface area contributed by atoms with Crippen molar-refractivity contribution >= 4 is 46.9 Å². The number of hydrogen-bond acceptors (Lipinski definition) is 7. The molecule has 301 valence electrons. The van der Waals surface area contributed by atoms with E-state index in [1.54, 1.807) is 19.2 Å². The van der Waals surface area contributed by atoms with Crippen LogP contribution in [0.4, 0.5) is 17.1 Å². The molecule has 4 heterocycles. The van der Waals surface area contributed by atoms with E-state index in [1.807, 2.05) is 95.4 Å². The number of rotatable bonds is 9. The molecule has 0 saturated heterocycles. The van der Waals surface area contributed by atoms with Crippen LogP contribution in [-0.2, 0) is 65.2 Å². The van der Waals surface area contributed by atoms with Crippen LogP contribution in [0.5, 0.6) is 17.2 Å². The van der Waals surface area contributed by atoms with Crippen molar-refractivity contribution in [3.63, 3.8) is 0 Å². The summed E-state index contributed by atoms with van der Waals surface area (Å²) in [5.41, 5.74) is 9.96. The van der Waals surface area contributed by atoms with Crippen LogP contribution in [0.1, 0.15) is 80.8 Å². The molecule has 8 nitrogen and oxygen atoms in total. The van der Waals surface area contributed by atoms with Gasteiger partial charge >= 0.3 is 0 Å². The zero-order chi connectivity index (χ0) is 40.6. The molecule has 0 saturated carbocycles. The molecule has 0 N–H and O–H groups in total. The van der Waals surface area contributed by atoms with Crippen LogP contribution in [0.2, 0.25) is 0 Å². The van der Waals surface area contributed by atoms with Gasteiger partial charge in [-0.15, -0.1) is 11.1 Å². The minimum atomic E-state index is -0.133. The molecular formula is C49H49N3O5SY-2. The summed E-state index contributed by atoms with van der Waals surface area (Å²) in [4.78, 5) is 36.1. The normalized spacial score (nSPS) is 17.1. The molecule has 0 aliphatic carbocycles. The van der Waals surface area contributed by atoms with Gasteiger partial charge in [-0.2, -0.15) is 42.4 Å². The van der Waals surface area contributed by atoms with Crippen molar-refractivity contribution in [2.24, 2.45) is 4.99 Å². The van der Waals surface area contributed by atoms with Crippen molar-refractivity contribution in [1.29, 1.82) is 0 Å². The Morgan fingerprint density at radius 3 is 2.12 bits per heavy atom. The standard InChI is InChI=1S/C43H36N3O5.C6H13S.Y/c1-26-16-34-29(14-15-32-18-30-10-3-5-12-37(30)45(32)42(34)47)20-39(26)50-24-27-8-7-9-28(17-27)25-51-41-22-36-35(21-40(41)49-2)43(48)46-33(23-44-36)19-31-11-4-6-13-38(31)46;1-5-6(2,3)7-4;/h3-6,8-13,16-17,20-23,32-33H,14-15,18-19,24-25H2,1-2H3;1,5H2,2-4H3;/q2*-1;/t32-,33+;;/m1../s1. The van der Waals surface area contributed by atoms with Crippen molar-refractivity contribution in [1.82, 2.24) is 0 Å². The number of hydrogen-bond donors (Lipinski definition) is 0. The molecule has 9 rings (SSSR count). The zero-order valence-electron chi connectivity index (χ0n) is 34.4. The number of aryl methyl sites for hydroxylation is 2. The summed E-state index contributed by atoms with van der Waals surface area (Å²) in [5.74, 6) is 1.72. The Hall–Kier alpha value is -4.44. The zero-order valence-corrected chi connectivity index (χ0v) is 38.1. The number of methoxy groups -OCH3 is 1. The van der Waals surface area contributed by atoms with Crippen LogP contribution in [0.25, 0.3) is 0 Å². The molecule has 5 aromatic rings. The Bertz CT molecular complexity index is 2410. The summed E-state index contributed by atoms with van der Waals surface area (Å²) < 4.78 is 18.7. The molecule has 4 aliphatic heterocycles. The molecule has 2 atom stereocenters. The average molecular weight is 881 g/mol. The summed E-state index contributed by atoms with van der Waals surface area (Å²) in [6.45, 7) is 10.8. The molecule has 5 aromatic carbocycles. The number of aliphatic imine (C=N–C) groups is 1. The van der Waals surface area contributed by atoms with Crippen LogP contribution < -0.4 is 24.0 Å². The van der Waals surface area contributed by atoms with Crippen molar-refractivity contribution in [2.75, 3.05) is 23.2 Å². The number of ether oxygens (including phenoxy) is 3. The Labute approximate surface area is 377 Å². The quantitative estimate of drug-likeness (QED) is 0.137. The topological polar surface area (TPSA) is 80.7 Å². The SMILES string of the molecule is COc1cc2c(cc1OCc1c[c-]cc(COc3cc4c(cc3C)C(=O)N3c5ccccc5C[C@H]3CC4)c1)N=C[C@@H]1Cc3ccccc3N1C2=O.[CH2-]CC(C)(C)SC.[Y]. The average Bonchev–Trinajstić information content (AvgIpc) is 3.74. The van der Waals surface area contributed by atoms with Crippen molar-refractivity contribution in [2.45, 2.75) is 82.9 Å². The van der Waals surface area contributed by atoms with E-state index < -0.39 is 0 Å². The molecule has 2 amide bonds. The Morgan fingerprint density at radius 2 is 1.46 bits per heavy atom. The number of nitrogens with zero attached hydrogens (tertiary/aromatic N) is 3. The van der Waals surface area contributed by atoms with Gasteiger partial charge in [0.25, 0.3) is 11.8 Å². The number of benzene rings is 5. The molecule has 0 spiro atoms. The molecule has 1 radical (unpaired) electrons. The minimum absolute atomic E-state index is 0. The molecule has 0 fully saturated rings. The second-order valence-electron chi connectivity index (χ2n) is 15.9. The van der Waals surface area contributed by atoms with Gasteiger partial charge in [-0.25, -0.2) is 0 Å². The number of fused-ring (bicyclic) bond motifs is 8. The summed E-state index contributed by atoms with van der Waals surface area (Å²) in [7, 11) is 1.57. The number of amides is 2. The first-order valence-electron chi connectivity index (χ1n) is 19.9. The first kappa shape index (κ1) is 42.7. The third-order valence-electron chi connectivity index (χ3n) is 11.6. The molecule has 10 heteroatoms. The summed E-state index contributed by atoms with van der Waals surface area (Å²) >= 11 is 1.86. The van der Waals surface area contributed by atoms with Crippen molar-refractivity contribution < 1.29 is 56.5 Å². The minimum Gasteiger partial charge on any atom is -0.501 e. The molecule has 59 heavy (non-hydrogen) atoms. The largest absolute Gasteiger partial charge is 0.501 e. The van der Waals surface area contributed by atoms with Gasteiger partial charge in [0.2, 0.25) is 0 Å². The Morgan fingerprint density at radius 1 is 0.814 bits per heavy atom. The monoisotopic (exact) mass is 880 g/mol. The number of thioether (sulfide) groups is 1. The molecule has 4 aliphatic rings. The van der Waals surface area contributed by atoms with E-state index in [0.717, 1.165) is 82.6 Å². The van der Waals surface area contributed by atoms with E-state index in [9.17, 15) is 9.59 Å². The van der Waals surface area contributed by atoms with Gasteiger partial charge in [0.1, 0.15) is 5.75 Å². The van der Waals surface area contributed by atoms with Crippen LogP contribution >= 0.6 is 11.8 Å². The fraction of sp³-hybridized carbons (Fsp3) is 0.306. The molecular weight excluding hydrogens is 832 g/mol. The van der Waals surface area contributed by atoms with Crippen LogP contribution in [0.3, 0.4) is 0 Å². The van der Waals surface area contributed by atoms with E-state index in [0.29, 0.717) is 34.1 Å². The number of para-hydroxylation sites is 2. The summed E-state index contributed by atoms with van der Waals surface area (Å²) in [6, 6.07) is 32.9. The van der Waals surface area contributed by atoms with Gasteiger partial charge in [0, 0.05) is 74.4 Å². The molecule has 0 bridgehead atoms. The number of carbonyl (C=O) groups excluding carboxylic acids is 2. The van der Waals surface area contributed by atoms with Gasteiger partial charge in [-0.05, 0) is 89.8 Å². The predicted molar refractivity (Wildman–Crippen MR) is 234 cm³/mol. The van der Waals surface area contributed by atoms with E-state index >= 15 is 0 Å². The second kappa shape index (κ2) is 18.0. The fourth-order valence-corrected chi connectivity index (χ4v) is 8.27. The number of anilines is 2. The maximum atomic E-state index is 13.8. The summed E-state index contributed by atoms with van der Waals surface area (Å²) in [6.07, 6.45) is 8.35. The fourth-order valence-electron chi connectivity index (χ4n) is 8.07. The first-order chi connectivity index (χ1) is 28.1. The third-order valence-corrected chi connectivity index (χ3v) is 13.0. The molecule has 0 unspecified atom stereocenters. The first-order valence-corrected chi connectivity index (χ1v) is 21.1. The Balaban J connectivity index is 0.000000609. The third kappa shape index (κ3) is 8.75. The summed E-state index contributed by atoms with van der Waals surface area (Å²) in [5, 5.41) is 0. The van der Waals surface area contributed by atoms with Crippen LogP contribution in [0, 0.1) is 19.9 Å². The van der Waals surface area contributed by atoms with Gasteiger partial charge in [-0.1, -0.05) is 50.2 Å². The van der Waals surface area contributed by atoms with Gasteiger partial charge in [0.05, 0.1) is 37.6 Å². The van der Waals surface area contributed by atoms with E-state index in [2.05, 4.69) is 51.3 Å². The van der Waals surface area contributed by atoms with E-state index in [-0.39, 0.29) is 63.2 Å². The Kier molecular flexibility index (Phi) is 13.1. The maximum absolute atomic E-state index is 13.8. The maximum Gasteiger partial charge on any atom is 0.261 e. The van der Waals surface area contributed by atoms with E-state index in [4.69, 9.17) is 19.2 Å². The second-order valence-corrected chi connectivity index (χ2v) is 17.4.